The Morgan fingerprint density at radius 3 is 2.43 bits per heavy atom. The second kappa shape index (κ2) is 11.4. The molecule has 0 amide bonds. The molecule has 0 radical (unpaired) electrons. The minimum absolute atomic E-state index is 0.318. The summed E-state index contributed by atoms with van der Waals surface area (Å²) in [7, 11) is 2.23. The van der Waals surface area contributed by atoms with Crippen LogP contribution in [0.4, 0.5) is 5.69 Å². The Morgan fingerprint density at radius 2 is 1.83 bits per heavy atom. The van der Waals surface area contributed by atoms with E-state index in [4.69, 9.17) is 0 Å². The van der Waals surface area contributed by atoms with Gasteiger partial charge in [0.05, 0.1) is 0 Å². The van der Waals surface area contributed by atoms with Crippen LogP contribution in [-0.2, 0) is 9.53 Å². The molecule has 3 unspecified atom stereocenters. The van der Waals surface area contributed by atoms with E-state index in [0.717, 1.165) is 19.0 Å². The fraction of sp³-hybridized carbons (Fsp3) is 0.577. The van der Waals surface area contributed by atoms with Crippen molar-refractivity contribution in [2.24, 2.45) is 11.8 Å². The van der Waals surface area contributed by atoms with E-state index in [2.05, 4.69) is 78.3 Å². The summed E-state index contributed by atoms with van der Waals surface area (Å²) in [5.74, 6) is 1.45. The maximum Gasteiger partial charge on any atom is 0.293 e. The number of nitrogens with one attached hydrogen (secondary N) is 1. The standard InChI is InChI=1S/C21H30N2.C5H10O2/c1-16-4-9-20(10-5-16)23(3)15-18-7-8-19-14-17(2)6-11-21(19)22-13-12-18;1-5(2,3)7-4-6/h4-6,9-11,14,18-19,21-22H,7-8,12-13,15H2,1-3H3;4H,1-3H3. The molecule has 1 saturated heterocycles. The molecule has 0 bridgehead atoms. The first-order valence-corrected chi connectivity index (χ1v) is 11.2. The highest BCUT2D eigenvalue weighted by molar-refractivity contribution is 5.46. The van der Waals surface area contributed by atoms with Crippen molar-refractivity contribution >= 4 is 12.2 Å². The topological polar surface area (TPSA) is 41.6 Å². The Kier molecular flexibility index (Phi) is 9.16. The molecule has 30 heavy (non-hydrogen) atoms. The molecule has 1 aliphatic carbocycles. The molecule has 4 heteroatoms. The highest BCUT2D eigenvalue weighted by Gasteiger charge is 2.24. The van der Waals surface area contributed by atoms with Crippen LogP contribution in [0.15, 0.2) is 48.1 Å². The van der Waals surface area contributed by atoms with E-state index >= 15 is 0 Å². The number of rotatable bonds is 4. The predicted octanol–water partition coefficient (Wildman–Crippen LogP) is 5.28. The summed E-state index contributed by atoms with van der Waals surface area (Å²) in [5, 5.41) is 3.74. The van der Waals surface area contributed by atoms with Gasteiger partial charge in [-0.3, -0.25) is 4.79 Å². The predicted molar refractivity (Wildman–Crippen MR) is 127 cm³/mol. The molecule has 1 aromatic carbocycles. The number of ether oxygens (including phenoxy) is 1. The summed E-state index contributed by atoms with van der Waals surface area (Å²) in [6, 6.07) is 9.44. The minimum Gasteiger partial charge on any atom is -0.462 e. The largest absolute Gasteiger partial charge is 0.462 e. The molecule has 2 aliphatic rings. The number of carbonyl (C=O) groups excluding carboxylic acids is 1. The Bertz CT molecular complexity index is 716. The maximum absolute atomic E-state index is 9.60. The summed E-state index contributed by atoms with van der Waals surface area (Å²) < 4.78 is 4.55. The van der Waals surface area contributed by atoms with Crippen LogP contribution in [0, 0.1) is 18.8 Å². The number of fused-ring (bicyclic) bond motifs is 1. The molecule has 1 N–H and O–H groups in total. The summed E-state index contributed by atoms with van der Waals surface area (Å²) in [5.41, 5.74) is 3.76. The lowest BCUT2D eigenvalue weighted by Crippen LogP contribution is -2.40. The summed E-state index contributed by atoms with van der Waals surface area (Å²) in [4.78, 5) is 12.0. The van der Waals surface area contributed by atoms with Gasteiger partial charge in [0, 0.05) is 25.3 Å². The molecule has 0 spiro atoms. The van der Waals surface area contributed by atoms with Crippen LogP contribution in [-0.4, -0.2) is 38.3 Å². The minimum atomic E-state index is -0.318. The SMILES string of the molecule is CC(C)(C)OC=O.CC1=CC2CCC(CN(C)c3ccc(C)cc3)CCNC2C=C1. The number of benzene rings is 1. The highest BCUT2D eigenvalue weighted by Crippen LogP contribution is 2.28. The summed E-state index contributed by atoms with van der Waals surface area (Å²) in [6.07, 6.45) is 11.0. The van der Waals surface area contributed by atoms with Gasteiger partial charge in [-0.15, -0.1) is 0 Å². The van der Waals surface area contributed by atoms with Crippen molar-refractivity contribution in [3.8, 4) is 0 Å². The van der Waals surface area contributed by atoms with Crippen LogP contribution in [0.2, 0.25) is 0 Å². The molecule has 1 fully saturated rings. The van der Waals surface area contributed by atoms with Crippen molar-refractivity contribution in [3.63, 3.8) is 0 Å². The molecule has 0 aromatic heterocycles. The third-order valence-electron chi connectivity index (χ3n) is 5.75. The zero-order valence-electron chi connectivity index (χ0n) is 19.7. The second-order valence-corrected chi connectivity index (χ2v) is 9.69. The number of aryl methyl sites for hydroxylation is 1. The number of allylic oxidation sites excluding steroid dienone is 2. The number of nitrogens with zero attached hydrogens (tertiary/aromatic N) is 1. The first kappa shape index (κ1) is 24.2. The third kappa shape index (κ3) is 8.35. The van der Waals surface area contributed by atoms with Gasteiger partial charge in [0.2, 0.25) is 0 Å². The van der Waals surface area contributed by atoms with Gasteiger partial charge in [0.25, 0.3) is 6.47 Å². The molecule has 166 valence electrons. The van der Waals surface area contributed by atoms with Gasteiger partial charge < -0.3 is 15.0 Å². The van der Waals surface area contributed by atoms with Gasteiger partial charge in [0.15, 0.2) is 0 Å². The number of carbonyl (C=O) groups is 1. The quantitative estimate of drug-likeness (QED) is 0.683. The van der Waals surface area contributed by atoms with Crippen molar-refractivity contribution in [3.05, 3.63) is 53.6 Å². The lowest BCUT2D eigenvalue weighted by atomic mass is 9.83. The van der Waals surface area contributed by atoms with E-state index in [1.54, 1.807) is 0 Å². The van der Waals surface area contributed by atoms with Crippen molar-refractivity contribution in [1.29, 1.82) is 0 Å². The monoisotopic (exact) mass is 412 g/mol. The third-order valence-corrected chi connectivity index (χ3v) is 5.75. The van der Waals surface area contributed by atoms with Crippen LogP contribution in [0.25, 0.3) is 0 Å². The van der Waals surface area contributed by atoms with E-state index in [1.165, 1.54) is 36.1 Å². The molecule has 3 atom stereocenters. The van der Waals surface area contributed by atoms with E-state index in [9.17, 15) is 4.79 Å². The molecular weight excluding hydrogens is 372 g/mol. The Balaban J connectivity index is 0.000000396. The van der Waals surface area contributed by atoms with Gasteiger partial charge in [-0.05, 0) is 84.4 Å². The molecule has 1 heterocycles. The Morgan fingerprint density at radius 1 is 1.13 bits per heavy atom. The normalized spacial score (nSPS) is 23.7. The van der Waals surface area contributed by atoms with Gasteiger partial charge in [-0.25, -0.2) is 0 Å². The maximum atomic E-state index is 9.60. The molecule has 1 aliphatic heterocycles. The molecule has 0 saturated carbocycles. The highest BCUT2D eigenvalue weighted by atomic mass is 16.5. The van der Waals surface area contributed by atoms with Crippen molar-refractivity contribution in [2.45, 2.75) is 65.5 Å². The first-order valence-electron chi connectivity index (χ1n) is 11.2. The fourth-order valence-corrected chi connectivity index (χ4v) is 4.02. The smallest absolute Gasteiger partial charge is 0.293 e. The Labute approximate surface area is 183 Å². The zero-order chi connectivity index (χ0) is 22.1. The second-order valence-electron chi connectivity index (χ2n) is 9.69. The van der Waals surface area contributed by atoms with Crippen molar-refractivity contribution in [1.82, 2.24) is 5.32 Å². The lowest BCUT2D eigenvalue weighted by Gasteiger charge is -2.33. The van der Waals surface area contributed by atoms with E-state index in [1.807, 2.05) is 20.8 Å². The van der Waals surface area contributed by atoms with E-state index in [0.29, 0.717) is 18.4 Å². The van der Waals surface area contributed by atoms with Crippen molar-refractivity contribution in [2.75, 3.05) is 25.0 Å². The average molecular weight is 413 g/mol. The zero-order valence-corrected chi connectivity index (χ0v) is 19.7. The summed E-state index contributed by atoms with van der Waals surface area (Å²) >= 11 is 0. The number of hydrogen-bond acceptors (Lipinski definition) is 4. The van der Waals surface area contributed by atoms with Crippen LogP contribution in [0.3, 0.4) is 0 Å². The van der Waals surface area contributed by atoms with Crippen LogP contribution >= 0.6 is 0 Å². The van der Waals surface area contributed by atoms with Gasteiger partial charge >= 0.3 is 0 Å². The first-order chi connectivity index (χ1) is 14.2. The van der Waals surface area contributed by atoms with E-state index in [-0.39, 0.29) is 5.60 Å². The van der Waals surface area contributed by atoms with Gasteiger partial charge in [0.1, 0.15) is 5.60 Å². The molecule has 1 aromatic rings. The molecular formula is C26H40N2O2. The van der Waals surface area contributed by atoms with E-state index < -0.39 is 0 Å². The number of anilines is 1. The van der Waals surface area contributed by atoms with Crippen molar-refractivity contribution < 1.29 is 9.53 Å². The van der Waals surface area contributed by atoms with Gasteiger partial charge in [-0.2, -0.15) is 0 Å². The Hall–Kier alpha value is -2.07. The van der Waals surface area contributed by atoms with Crippen LogP contribution in [0.5, 0.6) is 0 Å². The van der Waals surface area contributed by atoms with Gasteiger partial charge in [-0.1, -0.05) is 41.5 Å². The fourth-order valence-electron chi connectivity index (χ4n) is 4.02. The average Bonchev–Trinajstić information content (AvgIpc) is 2.65. The molecule has 4 nitrogen and oxygen atoms in total. The number of hydrogen-bond donors (Lipinski definition) is 1. The van der Waals surface area contributed by atoms with Crippen LogP contribution in [0.1, 0.15) is 52.5 Å². The van der Waals surface area contributed by atoms with Crippen LogP contribution < -0.4 is 10.2 Å². The molecule has 3 rings (SSSR count). The lowest BCUT2D eigenvalue weighted by molar-refractivity contribution is -0.138. The summed E-state index contributed by atoms with van der Waals surface area (Å²) in [6.45, 7) is 12.6.